The van der Waals surface area contributed by atoms with Crippen molar-refractivity contribution in [2.45, 2.75) is 58.3 Å². The van der Waals surface area contributed by atoms with Gasteiger partial charge in [0.1, 0.15) is 0 Å². The molecule has 2 fully saturated rings. The lowest BCUT2D eigenvalue weighted by Gasteiger charge is -2.38. The van der Waals surface area contributed by atoms with Crippen molar-refractivity contribution >= 4 is 0 Å². The van der Waals surface area contributed by atoms with Gasteiger partial charge in [-0.3, -0.25) is 9.80 Å². The van der Waals surface area contributed by atoms with E-state index in [1.807, 2.05) is 0 Å². The zero-order valence-electron chi connectivity index (χ0n) is 9.33. The van der Waals surface area contributed by atoms with E-state index < -0.39 is 0 Å². The summed E-state index contributed by atoms with van der Waals surface area (Å²) in [6.45, 7) is 11.8. The summed E-state index contributed by atoms with van der Waals surface area (Å²) in [5, 5.41) is 0. The molecular weight excluding hydrogens is 160 g/mol. The third-order valence-electron chi connectivity index (χ3n) is 3.52. The van der Waals surface area contributed by atoms with E-state index in [9.17, 15) is 0 Å². The molecule has 1 saturated heterocycles. The summed E-state index contributed by atoms with van der Waals surface area (Å²) in [7, 11) is 0. The highest BCUT2D eigenvalue weighted by atomic mass is 15.4. The van der Waals surface area contributed by atoms with Crippen LogP contribution in [0.2, 0.25) is 0 Å². The molecule has 2 aliphatic rings. The third kappa shape index (κ3) is 1.62. The van der Waals surface area contributed by atoms with Crippen molar-refractivity contribution < 1.29 is 0 Å². The van der Waals surface area contributed by atoms with Gasteiger partial charge in [-0.25, -0.2) is 0 Å². The molecule has 13 heavy (non-hydrogen) atoms. The molecule has 0 aromatic carbocycles. The third-order valence-corrected chi connectivity index (χ3v) is 3.52. The first-order valence-corrected chi connectivity index (χ1v) is 5.62. The van der Waals surface area contributed by atoms with Crippen LogP contribution in [0.3, 0.4) is 0 Å². The summed E-state index contributed by atoms with van der Waals surface area (Å²) in [5.41, 5.74) is 0. The van der Waals surface area contributed by atoms with Crippen LogP contribution in [-0.4, -0.2) is 47.1 Å². The van der Waals surface area contributed by atoms with E-state index in [1.165, 1.54) is 19.5 Å². The summed E-state index contributed by atoms with van der Waals surface area (Å²) >= 11 is 0. The van der Waals surface area contributed by atoms with E-state index in [1.54, 1.807) is 0 Å². The summed E-state index contributed by atoms with van der Waals surface area (Å²) < 4.78 is 0. The average molecular weight is 182 g/mol. The Labute approximate surface area is 81.9 Å². The van der Waals surface area contributed by atoms with Crippen LogP contribution in [0.5, 0.6) is 0 Å². The van der Waals surface area contributed by atoms with E-state index in [4.69, 9.17) is 0 Å². The molecule has 0 amide bonds. The molecule has 0 N–H and O–H groups in total. The van der Waals surface area contributed by atoms with E-state index in [-0.39, 0.29) is 0 Å². The SMILES string of the molecule is CC(C)N1CCN(C(C)C)C2CC21. The Morgan fingerprint density at radius 3 is 1.54 bits per heavy atom. The van der Waals surface area contributed by atoms with Crippen molar-refractivity contribution in [3.8, 4) is 0 Å². The van der Waals surface area contributed by atoms with Crippen molar-refractivity contribution in [1.29, 1.82) is 0 Å². The van der Waals surface area contributed by atoms with E-state index in [0.717, 1.165) is 24.2 Å². The molecule has 2 nitrogen and oxygen atoms in total. The van der Waals surface area contributed by atoms with Gasteiger partial charge in [0, 0.05) is 37.3 Å². The minimum absolute atomic E-state index is 0.740. The molecule has 1 saturated carbocycles. The molecule has 76 valence electrons. The van der Waals surface area contributed by atoms with Gasteiger partial charge in [0.05, 0.1) is 0 Å². The minimum Gasteiger partial charge on any atom is -0.295 e. The first-order chi connectivity index (χ1) is 6.11. The first-order valence-electron chi connectivity index (χ1n) is 5.62. The van der Waals surface area contributed by atoms with Crippen molar-refractivity contribution in [3.63, 3.8) is 0 Å². The second-order valence-electron chi connectivity index (χ2n) is 5.03. The largest absolute Gasteiger partial charge is 0.295 e. The van der Waals surface area contributed by atoms with Gasteiger partial charge in [-0.15, -0.1) is 0 Å². The number of nitrogens with zero attached hydrogens (tertiary/aromatic N) is 2. The molecule has 1 aliphatic carbocycles. The van der Waals surface area contributed by atoms with Crippen molar-refractivity contribution in [1.82, 2.24) is 9.80 Å². The quantitative estimate of drug-likeness (QED) is 0.639. The summed E-state index contributed by atoms with van der Waals surface area (Å²) in [5.74, 6) is 0. The molecular formula is C11H22N2. The van der Waals surface area contributed by atoms with Crippen LogP contribution in [0, 0.1) is 0 Å². The van der Waals surface area contributed by atoms with Crippen LogP contribution in [0.15, 0.2) is 0 Å². The van der Waals surface area contributed by atoms with E-state index >= 15 is 0 Å². The van der Waals surface area contributed by atoms with E-state index in [0.29, 0.717) is 0 Å². The maximum Gasteiger partial charge on any atom is 0.0271 e. The van der Waals surface area contributed by atoms with Crippen molar-refractivity contribution in [2.24, 2.45) is 0 Å². The van der Waals surface area contributed by atoms with Crippen LogP contribution < -0.4 is 0 Å². The van der Waals surface area contributed by atoms with Crippen LogP contribution in [0.25, 0.3) is 0 Å². The van der Waals surface area contributed by atoms with Crippen LogP contribution >= 0.6 is 0 Å². The van der Waals surface area contributed by atoms with Gasteiger partial charge < -0.3 is 0 Å². The molecule has 0 radical (unpaired) electrons. The number of hydrogen-bond donors (Lipinski definition) is 0. The van der Waals surface area contributed by atoms with Crippen LogP contribution in [0.1, 0.15) is 34.1 Å². The second-order valence-corrected chi connectivity index (χ2v) is 5.03. The second kappa shape index (κ2) is 3.25. The molecule has 2 atom stereocenters. The average Bonchev–Trinajstić information content (AvgIpc) is 2.79. The number of fused-ring (bicyclic) bond motifs is 1. The molecule has 1 heterocycles. The highest BCUT2D eigenvalue weighted by molar-refractivity contribution is 5.07. The summed E-state index contributed by atoms with van der Waals surface area (Å²) in [4.78, 5) is 5.34. The van der Waals surface area contributed by atoms with Gasteiger partial charge in [0.15, 0.2) is 0 Å². The Bertz CT molecular complexity index is 169. The molecule has 0 aromatic rings. The lowest BCUT2D eigenvalue weighted by Crippen LogP contribution is -2.50. The van der Waals surface area contributed by atoms with Gasteiger partial charge in [0.2, 0.25) is 0 Å². The number of piperazine rings is 1. The van der Waals surface area contributed by atoms with Crippen molar-refractivity contribution in [3.05, 3.63) is 0 Å². The fraction of sp³-hybridized carbons (Fsp3) is 1.00. The summed E-state index contributed by atoms with van der Waals surface area (Å²) in [6, 6.07) is 3.25. The molecule has 2 rings (SSSR count). The maximum absolute atomic E-state index is 2.67. The Morgan fingerprint density at radius 1 is 0.846 bits per heavy atom. The van der Waals surface area contributed by atoms with Gasteiger partial charge in [-0.2, -0.15) is 0 Å². The Balaban J connectivity index is 1.95. The molecule has 2 unspecified atom stereocenters. The lowest BCUT2D eigenvalue weighted by atomic mass is 10.2. The molecule has 1 aliphatic heterocycles. The Hall–Kier alpha value is -0.0800. The van der Waals surface area contributed by atoms with Crippen LogP contribution in [0.4, 0.5) is 0 Å². The Kier molecular flexibility index (Phi) is 2.37. The summed E-state index contributed by atoms with van der Waals surface area (Å²) in [6.07, 6.45) is 1.41. The highest BCUT2D eigenvalue weighted by Gasteiger charge is 2.49. The monoisotopic (exact) mass is 182 g/mol. The van der Waals surface area contributed by atoms with Gasteiger partial charge in [-0.05, 0) is 34.1 Å². The van der Waals surface area contributed by atoms with Gasteiger partial charge in [0.25, 0.3) is 0 Å². The maximum atomic E-state index is 2.67. The highest BCUT2D eigenvalue weighted by Crippen LogP contribution is 2.38. The fourth-order valence-corrected chi connectivity index (χ4v) is 2.73. The standard InChI is InChI=1S/C11H22N2/c1-8(2)12-5-6-13(9(3)4)11-7-10(11)12/h8-11H,5-7H2,1-4H3. The Morgan fingerprint density at radius 2 is 1.23 bits per heavy atom. The zero-order chi connectivity index (χ0) is 9.59. The molecule has 0 spiro atoms. The zero-order valence-corrected chi connectivity index (χ0v) is 9.33. The van der Waals surface area contributed by atoms with Gasteiger partial charge in [-0.1, -0.05) is 0 Å². The molecule has 2 heteroatoms. The number of hydrogen-bond acceptors (Lipinski definition) is 2. The number of rotatable bonds is 2. The predicted octanol–water partition coefficient (Wildman–Crippen LogP) is 1.56. The normalized spacial score (nSPS) is 35.5. The first kappa shape index (κ1) is 9.47. The molecule has 0 aromatic heterocycles. The predicted molar refractivity (Wildman–Crippen MR) is 55.9 cm³/mol. The smallest absolute Gasteiger partial charge is 0.0271 e. The fourth-order valence-electron chi connectivity index (χ4n) is 2.73. The topological polar surface area (TPSA) is 6.48 Å². The van der Waals surface area contributed by atoms with E-state index in [2.05, 4.69) is 37.5 Å². The lowest BCUT2D eigenvalue weighted by molar-refractivity contribution is 0.0849. The van der Waals surface area contributed by atoms with Crippen LogP contribution in [-0.2, 0) is 0 Å². The van der Waals surface area contributed by atoms with Crippen molar-refractivity contribution in [2.75, 3.05) is 13.1 Å². The minimum atomic E-state index is 0.740. The molecule has 0 bridgehead atoms. The van der Waals surface area contributed by atoms with Gasteiger partial charge >= 0.3 is 0 Å².